The summed E-state index contributed by atoms with van der Waals surface area (Å²) in [5, 5.41) is 8.36. The van der Waals surface area contributed by atoms with Gasteiger partial charge in [-0.15, -0.1) is 0 Å². The third kappa shape index (κ3) is 15.4. The predicted octanol–water partition coefficient (Wildman–Crippen LogP) is 4.35. The fraction of sp³-hybridized carbons (Fsp3) is 0.938. The van der Waals surface area contributed by atoms with Gasteiger partial charge in [0.25, 0.3) is 0 Å². The number of rotatable bonds is 7. The maximum Gasteiger partial charge on any atom is 0.303 e. The molecular weight excluding hydrogens is 238 g/mol. The summed E-state index contributed by atoms with van der Waals surface area (Å²) in [6.45, 7) is 4.44. The Hall–Kier alpha value is -0.570. The molecule has 0 heterocycles. The van der Waals surface area contributed by atoms with E-state index in [1.807, 2.05) is 0 Å². The first-order valence-electron chi connectivity index (χ1n) is 7.99. The first-order chi connectivity index (χ1) is 9.02. The van der Waals surface area contributed by atoms with Crippen LogP contribution in [0.4, 0.5) is 0 Å². The molecule has 1 aliphatic carbocycles. The molecule has 19 heavy (non-hydrogen) atoms. The highest BCUT2D eigenvalue weighted by Crippen LogP contribution is 2.14. The molecule has 0 spiro atoms. The van der Waals surface area contributed by atoms with Gasteiger partial charge in [-0.25, -0.2) is 0 Å². The van der Waals surface area contributed by atoms with Crippen LogP contribution < -0.4 is 5.73 Å². The van der Waals surface area contributed by atoms with E-state index in [2.05, 4.69) is 13.8 Å². The molecule has 1 aliphatic rings. The van der Waals surface area contributed by atoms with Gasteiger partial charge < -0.3 is 10.8 Å². The largest absolute Gasteiger partial charge is 0.481 e. The van der Waals surface area contributed by atoms with Gasteiger partial charge in [-0.2, -0.15) is 0 Å². The molecule has 0 bridgehead atoms. The quantitative estimate of drug-likeness (QED) is 0.677. The fourth-order valence-electron chi connectivity index (χ4n) is 2.32. The zero-order valence-electron chi connectivity index (χ0n) is 12.9. The predicted molar refractivity (Wildman–Crippen MR) is 81.2 cm³/mol. The lowest BCUT2D eigenvalue weighted by Gasteiger charge is -2.15. The maximum atomic E-state index is 10.1. The fourth-order valence-corrected chi connectivity index (χ4v) is 2.32. The molecule has 0 aromatic carbocycles. The normalized spacial score (nSPS) is 16.0. The van der Waals surface area contributed by atoms with Crippen LogP contribution in [-0.2, 0) is 4.79 Å². The summed E-state index contributed by atoms with van der Waals surface area (Å²) in [5.74, 6) is 0.114. The van der Waals surface area contributed by atoms with E-state index in [9.17, 15) is 4.79 Å². The first kappa shape index (κ1) is 18.4. The van der Waals surface area contributed by atoms with Crippen LogP contribution in [0.1, 0.15) is 84.5 Å². The zero-order chi connectivity index (χ0) is 14.5. The van der Waals surface area contributed by atoms with Crippen molar-refractivity contribution in [2.45, 2.75) is 90.5 Å². The minimum Gasteiger partial charge on any atom is -0.481 e. The van der Waals surface area contributed by atoms with Crippen molar-refractivity contribution in [2.24, 2.45) is 11.7 Å². The highest BCUT2D eigenvalue weighted by molar-refractivity contribution is 5.66. The molecule has 1 rings (SSSR count). The van der Waals surface area contributed by atoms with E-state index < -0.39 is 5.97 Å². The molecule has 0 saturated heterocycles. The zero-order valence-corrected chi connectivity index (χ0v) is 12.9. The molecule has 0 aliphatic heterocycles. The summed E-state index contributed by atoms with van der Waals surface area (Å²) < 4.78 is 0. The van der Waals surface area contributed by atoms with E-state index in [1.54, 1.807) is 0 Å². The van der Waals surface area contributed by atoms with E-state index in [1.165, 1.54) is 51.4 Å². The third-order valence-corrected chi connectivity index (χ3v) is 3.57. The SMILES string of the molecule is CC(C)CCCCCCC(=O)O.NC1CCCCC1. The number of unbranched alkanes of at least 4 members (excludes halogenated alkanes) is 3. The number of hydrogen-bond donors (Lipinski definition) is 2. The van der Waals surface area contributed by atoms with E-state index in [4.69, 9.17) is 10.8 Å². The van der Waals surface area contributed by atoms with Gasteiger partial charge in [0.1, 0.15) is 0 Å². The van der Waals surface area contributed by atoms with Gasteiger partial charge in [0.2, 0.25) is 0 Å². The molecule has 0 radical (unpaired) electrons. The van der Waals surface area contributed by atoms with E-state index in [-0.39, 0.29) is 0 Å². The summed E-state index contributed by atoms with van der Waals surface area (Å²) in [4.78, 5) is 10.1. The summed E-state index contributed by atoms with van der Waals surface area (Å²) in [7, 11) is 0. The van der Waals surface area contributed by atoms with Crippen molar-refractivity contribution in [3.05, 3.63) is 0 Å². The average molecular weight is 271 g/mol. The Labute approximate surface area is 119 Å². The summed E-state index contributed by atoms with van der Waals surface area (Å²) in [6, 6.07) is 0.536. The Morgan fingerprint density at radius 1 is 1.11 bits per heavy atom. The first-order valence-corrected chi connectivity index (χ1v) is 7.99. The topological polar surface area (TPSA) is 63.3 Å². The molecule has 3 heteroatoms. The van der Waals surface area contributed by atoms with Gasteiger partial charge in [0.05, 0.1) is 0 Å². The Morgan fingerprint density at radius 2 is 1.68 bits per heavy atom. The standard InChI is InChI=1S/C10H20O2.C6H13N/c1-9(2)7-5-3-4-6-8-10(11)12;7-6-4-2-1-3-5-6/h9H,3-8H2,1-2H3,(H,11,12);6H,1-5,7H2. The number of carboxylic acid groups (broad SMARTS) is 1. The smallest absolute Gasteiger partial charge is 0.303 e. The molecular formula is C16H33NO2. The maximum absolute atomic E-state index is 10.1. The lowest BCUT2D eigenvalue weighted by Crippen LogP contribution is -2.22. The van der Waals surface area contributed by atoms with Gasteiger partial charge in [0, 0.05) is 12.5 Å². The Bertz CT molecular complexity index is 211. The Morgan fingerprint density at radius 3 is 2.11 bits per heavy atom. The molecule has 0 aromatic rings. The number of hydrogen-bond acceptors (Lipinski definition) is 2. The van der Waals surface area contributed by atoms with Crippen molar-refractivity contribution >= 4 is 5.97 Å². The number of aliphatic carboxylic acids is 1. The summed E-state index contributed by atoms with van der Waals surface area (Å²) in [6.07, 6.45) is 12.6. The molecule has 1 saturated carbocycles. The van der Waals surface area contributed by atoms with E-state index in [0.29, 0.717) is 12.5 Å². The number of nitrogens with two attached hydrogens (primary N) is 1. The molecule has 114 valence electrons. The van der Waals surface area contributed by atoms with Crippen molar-refractivity contribution in [3.8, 4) is 0 Å². The van der Waals surface area contributed by atoms with Crippen molar-refractivity contribution in [3.63, 3.8) is 0 Å². The van der Waals surface area contributed by atoms with Crippen molar-refractivity contribution < 1.29 is 9.90 Å². The van der Waals surface area contributed by atoms with Crippen LogP contribution in [0.3, 0.4) is 0 Å². The monoisotopic (exact) mass is 271 g/mol. The second kappa shape index (κ2) is 12.5. The molecule has 0 atom stereocenters. The highest BCUT2D eigenvalue weighted by atomic mass is 16.4. The van der Waals surface area contributed by atoms with Crippen LogP contribution in [0.25, 0.3) is 0 Å². The van der Waals surface area contributed by atoms with Crippen molar-refractivity contribution in [2.75, 3.05) is 0 Å². The molecule has 0 amide bonds. The number of carboxylic acids is 1. The lowest BCUT2D eigenvalue weighted by atomic mass is 9.97. The van der Waals surface area contributed by atoms with Crippen molar-refractivity contribution in [1.29, 1.82) is 0 Å². The number of carbonyl (C=O) groups is 1. The van der Waals surface area contributed by atoms with Crippen LogP contribution in [-0.4, -0.2) is 17.1 Å². The second-order valence-electron chi connectivity index (χ2n) is 6.14. The molecule has 1 fully saturated rings. The van der Waals surface area contributed by atoms with E-state index in [0.717, 1.165) is 18.8 Å². The van der Waals surface area contributed by atoms with Gasteiger partial charge in [-0.3, -0.25) is 4.79 Å². The van der Waals surface area contributed by atoms with Crippen molar-refractivity contribution in [1.82, 2.24) is 0 Å². The minimum absolute atomic E-state index is 0.335. The molecule has 0 aromatic heterocycles. The van der Waals surface area contributed by atoms with Crippen LogP contribution >= 0.6 is 0 Å². The molecule has 3 nitrogen and oxygen atoms in total. The third-order valence-electron chi connectivity index (χ3n) is 3.57. The minimum atomic E-state index is -0.668. The summed E-state index contributed by atoms with van der Waals surface area (Å²) >= 11 is 0. The Balaban J connectivity index is 0.000000388. The average Bonchev–Trinajstić information content (AvgIpc) is 2.35. The highest BCUT2D eigenvalue weighted by Gasteiger charge is 2.06. The van der Waals surface area contributed by atoms with Gasteiger partial charge in [0.15, 0.2) is 0 Å². The Kier molecular flexibility index (Phi) is 12.1. The molecule has 3 N–H and O–H groups in total. The van der Waals surface area contributed by atoms with E-state index >= 15 is 0 Å². The van der Waals surface area contributed by atoms with Gasteiger partial charge in [-0.1, -0.05) is 58.8 Å². The van der Waals surface area contributed by atoms with Crippen LogP contribution in [0.15, 0.2) is 0 Å². The lowest BCUT2D eigenvalue weighted by molar-refractivity contribution is -0.137. The van der Waals surface area contributed by atoms with Crippen LogP contribution in [0.2, 0.25) is 0 Å². The molecule has 0 unspecified atom stereocenters. The van der Waals surface area contributed by atoms with Gasteiger partial charge >= 0.3 is 5.97 Å². The summed E-state index contributed by atoms with van der Waals surface area (Å²) in [5.41, 5.74) is 5.63. The van der Waals surface area contributed by atoms with Gasteiger partial charge in [-0.05, 0) is 25.2 Å². The van der Waals surface area contributed by atoms with Crippen LogP contribution in [0, 0.1) is 5.92 Å². The van der Waals surface area contributed by atoms with Crippen LogP contribution in [0.5, 0.6) is 0 Å². The second-order valence-corrected chi connectivity index (χ2v) is 6.14.